The van der Waals surface area contributed by atoms with Crippen LogP contribution in [0.4, 0.5) is 0 Å². The number of aryl methyl sites for hydroxylation is 1. The van der Waals surface area contributed by atoms with Gasteiger partial charge in [0.1, 0.15) is 6.61 Å². The normalized spacial score (nSPS) is 9.80. The first kappa shape index (κ1) is 7.02. The minimum Gasteiger partial charge on any atom is -0.618 e. The minimum absolute atomic E-state index is 0.203. The molecule has 0 bridgehead atoms. The largest absolute Gasteiger partial charge is 0.618 e. The Morgan fingerprint density at radius 1 is 1.60 bits per heavy atom. The van der Waals surface area contributed by atoms with Crippen molar-refractivity contribution in [1.82, 2.24) is 0 Å². The topological polar surface area (TPSA) is 47.2 Å². The lowest BCUT2D eigenvalue weighted by molar-refractivity contribution is -0.623. The van der Waals surface area contributed by atoms with Crippen molar-refractivity contribution < 1.29 is 9.84 Å². The van der Waals surface area contributed by atoms with Crippen LogP contribution in [0.25, 0.3) is 0 Å². The van der Waals surface area contributed by atoms with Gasteiger partial charge in [0.05, 0.1) is 0 Å². The van der Waals surface area contributed by atoms with Crippen LogP contribution in [0.5, 0.6) is 0 Å². The van der Waals surface area contributed by atoms with E-state index in [0.717, 1.165) is 4.73 Å². The van der Waals surface area contributed by atoms with Crippen molar-refractivity contribution in [1.29, 1.82) is 0 Å². The van der Waals surface area contributed by atoms with Crippen molar-refractivity contribution in [3.05, 3.63) is 34.8 Å². The van der Waals surface area contributed by atoms with E-state index in [1.807, 2.05) is 0 Å². The fourth-order valence-electron chi connectivity index (χ4n) is 0.777. The number of rotatable bonds is 1. The van der Waals surface area contributed by atoms with Gasteiger partial charge in [0, 0.05) is 19.1 Å². The minimum atomic E-state index is -0.203. The van der Waals surface area contributed by atoms with Crippen molar-refractivity contribution in [3.8, 4) is 0 Å². The van der Waals surface area contributed by atoms with Crippen molar-refractivity contribution in [2.45, 2.75) is 13.5 Å². The Hall–Kier alpha value is -1.09. The predicted molar refractivity (Wildman–Crippen MR) is 36.1 cm³/mol. The number of hydrogen-bond acceptors (Lipinski definition) is 2. The van der Waals surface area contributed by atoms with E-state index >= 15 is 0 Å². The molecule has 0 aliphatic carbocycles. The summed E-state index contributed by atoms with van der Waals surface area (Å²) in [5.41, 5.74) is 0.992. The predicted octanol–water partition coefficient (Wildman–Crippen LogP) is 0.121. The summed E-state index contributed by atoms with van der Waals surface area (Å²) < 4.78 is 0.722. The first-order valence-corrected chi connectivity index (χ1v) is 3.04. The number of nitrogens with zero attached hydrogens (tertiary/aromatic N) is 1. The second kappa shape index (κ2) is 2.66. The third-order valence-electron chi connectivity index (χ3n) is 1.37. The molecule has 1 aromatic rings. The second-order valence-electron chi connectivity index (χ2n) is 2.11. The van der Waals surface area contributed by atoms with Crippen molar-refractivity contribution in [3.63, 3.8) is 0 Å². The molecule has 1 heterocycles. The lowest BCUT2D eigenvalue weighted by Gasteiger charge is -2.02. The molecule has 0 spiro atoms. The van der Waals surface area contributed by atoms with Crippen LogP contribution < -0.4 is 4.73 Å². The van der Waals surface area contributed by atoms with Crippen LogP contribution in [0.15, 0.2) is 18.2 Å². The molecule has 54 valence electrons. The molecule has 1 aromatic heterocycles. The summed E-state index contributed by atoms with van der Waals surface area (Å²) >= 11 is 0. The summed E-state index contributed by atoms with van der Waals surface area (Å²) in [4.78, 5) is 0. The highest BCUT2D eigenvalue weighted by Crippen LogP contribution is 1.93. The van der Waals surface area contributed by atoms with Gasteiger partial charge < -0.3 is 10.3 Å². The van der Waals surface area contributed by atoms with E-state index < -0.39 is 0 Å². The van der Waals surface area contributed by atoms with Gasteiger partial charge in [-0.3, -0.25) is 0 Å². The number of hydrogen-bond donors (Lipinski definition) is 1. The van der Waals surface area contributed by atoms with Crippen LogP contribution in [0, 0.1) is 12.1 Å². The lowest BCUT2D eigenvalue weighted by Crippen LogP contribution is -2.34. The first-order chi connectivity index (χ1) is 4.75. The fourth-order valence-corrected chi connectivity index (χ4v) is 0.777. The molecule has 0 atom stereocenters. The average Bonchev–Trinajstić information content (AvgIpc) is 1.95. The maximum absolute atomic E-state index is 11.0. The van der Waals surface area contributed by atoms with Gasteiger partial charge in [0.2, 0.25) is 5.69 Å². The van der Waals surface area contributed by atoms with Crippen LogP contribution >= 0.6 is 0 Å². The van der Waals surface area contributed by atoms with Gasteiger partial charge >= 0.3 is 0 Å². The summed E-state index contributed by atoms with van der Waals surface area (Å²) in [7, 11) is 0. The van der Waals surface area contributed by atoms with E-state index in [2.05, 4.69) is 0 Å². The Morgan fingerprint density at radius 3 is 2.80 bits per heavy atom. The molecule has 3 heteroatoms. The molecule has 0 amide bonds. The van der Waals surface area contributed by atoms with E-state index in [-0.39, 0.29) is 6.61 Å². The molecule has 0 aliphatic heterocycles. The Balaban J connectivity index is 3.14. The zero-order chi connectivity index (χ0) is 7.56. The Bertz CT molecular complexity index is 235. The third-order valence-corrected chi connectivity index (χ3v) is 1.37. The van der Waals surface area contributed by atoms with E-state index in [9.17, 15) is 5.21 Å². The number of aliphatic hydroxyl groups is 1. The fraction of sp³-hybridized carbons (Fsp3) is 0.286. The maximum Gasteiger partial charge on any atom is 0.218 e. The van der Waals surface area contributed by atoms with Gasteiger partial charge in [0.25, 0.3) is 0 Å². The van der Waals surface area contributed by atoms with Crippen molar-refractivity contribution in [2.75, 3.05) is 0 Å². The lowest BCUT2D eigenvalue weighted by atomic mass is 10.3. The summed E-state index contributed by atoms with van der Waals surface area (Å²) in [5.74, 6) is 0. The number of aromatic nitrogens is 1. The highest BCUT2D eigenvalue weighted by atomic mass is 16.5. The molecule has 0 aliphatic rings. The van der Waals surface area contributed by atoms with E-state index in [4.69, 9.17) is 5.11 Å². The quantitative estimate of drug-likeness (QED) is 0.443. The SMILES string of the molecule is Cc1cccc(CO)[n+]1[O-]. The van der Waals surface area contributed by atoms with Crippen molar-refractivity contribution in [2.24, 2.45) is 0 Å². The van der Waals surface area contributed by atoms with E-state index in [0.29, 0.717) is 11.4 Å². The van der Waals surface area contributed by atoms with Crippen LogP contribution in [0.1, 0.15) is 11.4 Å². The van der Waals surface area contributed by atoms with Crippen LogP contribution in [-0.4, -0.2) is 5.11 Å². The van der Waals surface area contributed by atoms with E-state index in [1.54, 1.807) is 25.1 Å². The standard InChI is InChI=1S/C7H9NO2/c1-6-3-2-4-7(5-9)8(6)10/h2-4,9H,5H2,1H3. The van der Waals surface area contributed by atoms with Gasteiger partial charge in [-0.05, 0) is 6.07 Å². The molecule has 10 heavy (non-hydrogen) atoms. The summed E-state index contributed by atoms with van der Waals surface area (Å²) in [6, 6.07) is 5.04. The first-order valence-electron chi connectivity index (χ1n) is 3.04. The molecule has 0 fully saturated rings. The molecular formula is C7H9NO2. The molecule has 0 saturated heterocycles. The molecule has 0 aromatic carbocycles. The summed E-state index contributed by atoms with van der Waals surface area (Å²) in [5, 5.41) is 19.6. The Kier molecular flexibility index (Phi) is 1.87. The average molecular weight is 139 g/mol. The number of pyridine rings is 1. The van der Waals surface area contributed by atoms with Crippen LogP contribution in [-0.2, 0) is 6.61 Å². The monoisotopic (exact) mass is 139 g/mol. The second-order valence-corrected chi connectivity index (χ2v) is 2.11. The molecule has 3 nitrogen and oxygen atoms in total. The van der Waals surface area contributed by atoms with Crippen molar-refractivity contribution >= 4 is 0 Å². The Morgan fingerprint density at radius 2 is 2.30 bits per heavy atom. The van der Waals surface area contributed by atoms with E-state index in [1.165, 1.54) is 0 Å². The maximum atomic E-state index is 11.0. The zero-order valence-electron chi connectivity index (χ0n) is 5.74. The molecule has 1 rings (SSSR count). The summed E-state index contributed by atoms with van der Waals surface area (Å²) in [6.45, 7) is 1.50. The molecule has 0 saturated carbocycles. The smallest absolute Gasteiger partial charge is 0.218 e. The number of aliphatic hydroxyl groups excluding tert-OH is 1. The highest BCUT2D eigenvalue weighted by Gasteiger charge is 2.03. The molecule has 0 unspecified atom stereocenters. The zero-order valence-corrected chi connectivity index (χ0v) is 5.74. The molecular weight excluding hydrogens is 130 g/mol. The summed E-state index contributed by atoms with van der Waals surface area (Å²) in [6.07, 6.45) is 0. The van der Waals surface area contributed by atoms with Gasteiger partial charge in [-0.15, -0.1) is 0 Å². The van der Waals surface area contributed by atoms with Crippen LogP contribution in [0.3, 0.4) is 0 Å². The van der Waals surface area contributed by atoms with Gasteiger partial charge in [0.15, 0.2) is 5.69 Å². The third kappa shape index (κ3) is 1.09. The van der Waals surface area contributed by atoms with Gasteiger partial charge in [-0.25, -0.2) is 0 Å². The van der Waals surface area contributed by atoms with Gasteiger partial charge in [-0.1, -0.05) is 0 Å². The molecule has 1 N–H and O–H groups in total. The Labute approximate surface area is 59.1 Å². The molecule has 0 radical (unpaired) electrons. The van der Waals surface area contributed by atoms with Gasteiger partial charge in [-0.2, -0.15) is 4.73 Å². The highest BCUT2D eigenvalue weighted by molar-refractivity contribution is 5.01. The van der Waals surface area contributed by atoms with Crippen LogP contribution in [0.2, 0.25) is 0 Å².